The Morgan fingerprint density at radius 2 is 1.10 bits per heavy atom. The van der Waals surface area contributed by atoms with Crippen molar-refractivity contribution in [2.24, 2.45) is 0 Å². The number of likely N-dealkylation sites (N-methyl/N-ethyl adjacent to an activating group) is 2. The predicted octanol–water partition coefficient (Wildman–Crippen LogP) is 10.4. The molecule has 3 N–H and O–H groups in total. The van der Waals surface area contributed by atoms with Crippen LogP contribution in [0.4, 0.5) is 0 Å². The molecule has 374 valence electrons. The zero-order chi connectivity index (χ0) is 50.0. The van der Waals surface area contributed by atoms with Crippen molar-refractivity contribution in [2.75, 3.05) is 41.3 Å². The molecule has 4 aromatic carbocycles. The highest BCUT2D eigenvalue weighted by Crippen LogP contribution is 2.37. The summed E-state index contributed by atoms with van der Waals surface area (Å²) < 4.78 is 0. The molecule has 13 heteroatoms. The molecule has 0 spiro atoms. The molecule has 0 unspecified atom stereocenters. The highest BCUT2D eigenvalue weighted by molar-refractivity contribution is 6.35. The van der Waals surface area contributed by atoms with Gasteiger partial charge in [0.25, 0.3) is 0 Å². The fraction of sp³-hybridized carbons (Fsp3) is 0.500. The first kappa shape index (κ1) is 55.5. The average molecular weight is 1000 g/mol. The summed E-state index contributed by atoms with van der Waals surface area (Å²) in [6.45, 7) is 5.80. The summed E-state index contributed by atoms with van der Waals surface area (Å²) in [5, 5.41) is 11.2. The van der Waals surface area contributed by atoms with Crippen LogP contribution in [0.25, 0.3) is 0 Å². The van der Waals surface area contributed by atoms with E-state index in [1.54, 1.807) is 12.1 Å². The monoisotopic (exact) mass is 1000 g/mol. The second-order valence-corrected chi connectivity index (χ2v) is 20.9. The van der Waals surface area contributed by atoms with E-state index in [0.717, 1.165) is 80.4 Å². The molecule has 2 aliphatic rings. The van der Waals surface area contributed by atoms with Crippen LogP contribution in [0.2, 0.25) is 15.1 Å². The highest BCUT2D eigenvalue weighted by Gasteiger charge is 2.39. The summed E-state index contributed by atoms with van der Waals surface area (Å²) in [7, 11) is 8.61. The van der Waals surface area contributed by atoms with Gasteiger partial charge in [-0.15, -0.1) is 0 Å². The maximum Gasteiger partial charge on any atom is 0.223 e. The fourth-order valence-electron chi connectivity index (χ4n) is 9.93. The number of carbonyl (C=O) groups excluding carboxylic acids is 4. The number of hydrogen-bond acceptors (Lipinski definition) is 6. The molecule has 0 bridgehead atoms. The molecule has 4 aromatic rings. The molecule has 0 aromatic heterocycles. The minimum atomic E-state index is -0.126. The van der Waals surface area contributed by atoms with E-state index >= 15 is 0 Å². The quantitative estimate of drug-likeness (QED) is 0.0813. The largest absolute Gasteiger partial charge is 0.356 e. The van der Waals surface area contributed by atoms with Crippen LogP contribution >= 0.6 is 34.8 Å². The Bertz CT molecular complexity index is 2270. The maximum atomic E-state index is 12.7. The Morgan fingerprint density at radius 1 is 0.594 bits per heavy atom. The van der Waals surface area contributed by atoms with Gasteiger partial charge < -0.3 is 30.7 Å². The van der Waals surface area contributed by atoms with Crippen LogP contribution in [0.1, 0.15) is 112 Å². The predicted molar refractivity (Wildman–Crippen MR) is 283 cm³/mol. The highest BCUT2D eigenvalue weighted by atomic mass is 35.5. The number of halogens is 3. The molecule has 4 amide bonds. The van der Waals surface area contributed by atoms with Gasteiger partial charge in [0.05, 0.1) is 0 Å². The van der Waals surface area contributed by atoms with Gasteiger partial charge in [-0.25, -0.2) is 0 Å². The third-order valence-electron chi connectivity index (χ3n) is 14.3. The SMILES string of the molecule is CCN(Cc1ccccc1)C(=O)CCC(=O)NC1CCC(Cc2cccc(Cl)c2)(N(C)C)CC1.Cc1cccc(CC2(N(C)C)CCC(NC(=O)CCC(=O)NCCc3ccc(Cl)cc3Cl)CC2)c1. The molecule has 0 radical (unpaired) electrons. The second-order valence-electron chi connectivity index (χ2n) is 19.6. The van der Waals surface area contributed by atoms with Crippen molar-refractivity contribution in [2.45, 2.75) is 140 Å². The van der Waals surface area contributed by atoms with Crippen LogP contribution in [-0.4, -0.2) is 103 Å². The first-order valence-electron chi connectivity index (χ1n) is 24.7. The van der Waals surface area contributed by atoms with E-state index in [9.17, 15) is 19.2 Å². The van der Waals surface area contributed by atoms with E-state index in [0.29, 0.717) is 36.1 Å². The van der Waals surface area contributed by atoms with E-state index in [2.05, 4.69) is 97.3 Å². The number of carbonyl (C=O) groups is 4. The summed E-state index contributed by atoms with van der Waals surface area (Å²) in [6, 6.07) is 32.5. The van der Waals surface area contributed by atoms with Crippen LogP contribution < -0.4 is 16.0 Å². The van der Waals surface area contributed by atoms with Gasteiger partial charge in [-0.3, -0.25) is 19.2 Å². The standard InChI is InChI=1S/C28H37Cl2N3O2.C28H38ClN3O2/c1-20-5-4-6-21(17-20)19-28(33(2)3)14-11-24(12-15-28)32-27(35)10-9-26(34)31-16-13-22-7-8-23(29)18-25(22)30;1-4-32(21-22-9-6-5-7-10-22)27(34)14-13-26(33)30-25-15-17-28(18-16-25,31(2)3)20-23-11-8-12-24(29)19-23/h4-8,17-18,24H,9-16,19H2,1-3H3,(H,31,34)(H,32,35);5-12,19,25H,4,13-18,20-21H2,1-3H3,(H,30,33). The summed E-state index contributed by atoms with van der Waals surface area (Å²) in [5.41, 5.74) is 6.12. The number of hydrogen-bond donors (Lipinski definition) is 3. The van der Waals surface area contributed by atoms with Crippen LogP contribution in [0.3, 0.4) is 0 Å². The van der Waals surface area contributed by atoms with Crippen molar-refractivity contribution in [1.29, 1.82) is 0 Å². The topological polar surface area (TPSA) is 114 Å². The smallest absolute Gasteiger partial charge is 0.223 e. The van der Waals surface area contributed by atoms with Gasteiger partial charge in [-0.1, -0.05) is 113 Å². The fourth-order valence-corrected chi connectivity index (χ4v) is 10.6. The van der Waals surface area contributed by atoms with Crippen LogP contribution in [-0.2, 0) is 45.0 Å². The number of nitrogens with one attached hydrogen (secondary N) is 3. The van der Waals surface area contributed by atoms with Gasteiger partial charge in [0.15, 0.2) is 0 Å². The number of benzene rings is 4. The van der Waals surface area contributed by atoms with Crippen molar-refractivity contribution < 1.29 is 19.2 Å². The lowest BCUT2D eigenvalue weighted by atomic mass is 9.74. The van der Waals surface area contributed by atoms with Crippen LogP contribution in [0.15, 0.2) is 97.1 Å². The molecule has 0 atom stereocenters. The molecule has 0 saturated heterocycles. The van der Waals surface area contributed by atoms with Crippen molar-refractivity contribution in [3.8, 4) is 0 Å². The van der Waals surface area contributed by atoms with E-state index < -0.39 is 0 Å². The molecule has 0 aliphatic heterocycles. The lowest BCUT2D eigenvalue weighted by Crippen LogP contribution is -2.52. The Hall–Kier alpha value is -4.45. The minimum Gasteiger partial charge on any atom is -0.356 e. The Kier molecular flexibility index (Phi) is 21.9. The van der Waals surface area contributed by atoms with Gasteiger partial charge in [0.1, 0.15) is 0 Å². The van der Waals surface area contributed by atoms with Gasteiger partial charge >= 0.3 is 0 Å². The van der Waals surface area contributed by atoms with E-state index in [1.807, 2.05) is 60.4 Å². The lowest BCUT2D eigenvalue weighted by molar-refractivity contribution is -0.134. The summed E-state index contributed by atoms with van der Waals surface area (Å²) >= 11 is 18.3. The molecule has 0 heterocycles. The third kappa shape index (κ3) is 17.7. The van der Waals surface area contributed by atoms with Crippen molar-refractivity contribution in [3.63, 3.8) is 0 Å². The van der Waals surface area contributed by atoms with Crippen molar-refractivity contribution in [3.05, 3.63) is 140 Å². The first-order chi connectivity index (χ1) is 33.0. The molecule has 69 heavy (non-hydrogen) atoms. The third-order valence-corrected chi connectivity index (χ3v) is 15.1. The van der Waals surface area contributed by atoms with Gasteiger partial charge in [-0.05, 0) is 159 Å². The minimum absolute atomic E-state index is 0.0262. The molecule has 2 saturated carbocycles. The average Bonchev–Trinajstić information content (AvgIpc) is 3.32. The van der Waals surface area contributed by atoms with Crippen molar-refractivity contribution in [1.82, 2.24) is 30.7 Å². The molecule has 10 nitrogen and oxygen atoms in total. The van der Waals surface area contributed by atoms with E-state index in [4.69, 9.17) is 34.8 Å². The molecule has 6 rings (SSSR count). The number of nitrogens with zero attached hydrogens (tertiary/aromatic N) is 3. The van der Waals surface area contributed by atoms with Crippen LogP contribution in [0, 0.1) is 6.92 Å². The van der Waals surface area contributed by atoms with Gasteiger partial charge in [0.2, 0.25) is 23.6 Å². The molecular formula is C56H75Cl3N6O4. The van der Waals surface area contributed by atoms with Gasteiger partial charge in [0, 0.05) is 83.5 Å². The first-order valence-corrected chi connectivity index (χ1v) is 25.9. The van der Waals surface area contributed by atoms with Crippen LogP contribution in [0.5, 0.6) is 0 Å². The summed E-state index contributed by atoms with van der Waals surface area (Å²) in [6.07, 6.45) is 11.3. The van der Waals surface area contributed by atoms with Gasteiger partial charge in [-0.2, -0.15) is 0 Å². The van der Waals surface area contributed by atoms with E-state index in [1.165, 1.54) is 16.7 Å². The Morgan fingerprint density at radius 3 is 1.62 bits per heavy atom. The van der Waals surface area contributed by atoms with E-state index in [-0.39, 0.29) is 72.5 Å². The summed E-state index contributed by atoms with van der Waals surface area (Å²) in [4.78, 5) is 56.4. The zero-order valence-electron chi connectivity index (χ0n) is 41.7. The number of amides is 4. The molecule has 2 fully saturated rings. The Labute approximate surface area is 427 Å². The number of aryl methyl sites for hydroxylation is 1. The maximum absolute atomic E-state index is 12.7. The normalized spacial score (nSPS) is 20.1. The lowest BCUT2D eigenvalue weighted by Gasteiger charge is -2.45. The Balaban J connectivity index is 0.000000258. The molecule has 2 aliphatic carbocycles. The zero-order valence-corrected chi connectivity index (χ0v) is 44.0. The van der Waals surface area contributed by atoms with Crippen molar-refractivity contribution >= 4 is 58.4 Å². The second kappa shape index (κ2) is 27.2. The summed E-state index contributed by atoms with van der Waals surface area (Å²) in [5.74, 6) is -0.180. The number of rotatable bonds is 20. The molecular weight excluding hydrogens is 927 g/mol.